The van der Waals surface area contributed by atoms with Crippen molar-refractivity contribution in [2.45, 2.75) is 38.5 Å². The van der Waals surface area contributed by atoms with Crippen molar-refractivity contribution < 1.29 is 38.0 Å². The lowest BCUT2D eigenvalue weighted by Crippen LogP contribution is -2.36. The summed E-state index contributed by atoms with van der Waals surface area (Å²) in [6.07, 6.45) is 0.845. The van der Waals surface area contributed by atoms with Gasteiger partial charge < -0.3 is 33.7 Å². The second kappa shape index (κ2) is 13.4. The molecular weight excluding hydrogens is 594 g/mol. The fourth-order valence-electron chi connectivity index (χ4n) is 5.51. The maximum absolute atomic E-state index is 14.0. The SMILES string of the molecule is CCOCCOC(=O)C1=C(C)NC2=C(C(=O)C[C@H](c3ccc(OC)c(OC)c3)C2)[C@H]1c1cc(Br)c(OC)c(OC)c1. The Balaban J connectivity index is 1.79. The van der Waals surface area contributed by atoms with Gasteiger partial charge in [-0.1, -0.05) is 6.07 Å². The molecule has 2 aliphatic rings. The highest BCUT2D eigenvalue weighted by Crippen LogP contribution is 2.49. The van der Waals surface area contributed by atoms with E-state index < -0.39 is 11.9 Å². The molecule has 1 N–H and O–H groups in total. The summed E-state index contributed by atoms with van der Waals surface area (Å²) in [4.78, 5) is 27.5. The fourth-order valence-corrected chi connectivity index (χ4v) is 6.13. The number of allylic oxidation sites excluding steroid dienone is 3. The van der Waals surface area contributed by atoms with Crippen LogP contribution in [-0.2, 0) is 19.1 Å². The summed E-state index contributed by atoms with van der Waals surface area (Å²) < 4.78 is 33.6. The zero-order chi connectivity index (χ0) is 29.7. The monoisotopic (exact) mass is 629 g/mol. The fraction of sp³-hybridized carbons (Fsp3) is 0.419. The van der Waals surface area contributed by atoms with Crippen LogP contribution < -0.4 is 24.3 Å². The van der Waals surface area contributed by atoms with Gasteiger partial charge in [-0.3, -0.25) is 4.79 Å². The maximum Gasteiger partial charge on any atom is 0.336 e. The van der Waals surface area contributed by atoms with E-state index in [0.717, 1.165) is 11.3 Å². The minimum absolute atomic E-state index is 0.0541. The molecule has 2 aromatic carbocycles. The van der Waals surface area contributed by atoms with Crippen LogP contribution in [0.4, 0.5) is 0 Å². The zero-order valence-corrected chi connectivity index (χ0v) is 25.8. The molecule has 0 amide bonds. The second-order valence-corrected chi connectivity index (χ2v) is 10.6. The van der Waals surface area contributed by atoms with Crippen molar-refractivity contribution in [3.63, 3.8) is 0 Å². The highest BCUT2D eigenvalue weighted by Gasteiger charge is 2.42. The highest BCUT2D eigenvalue weighted by molar-refractivity contribution is 9.10. The number of esters is 1. The first kappa shape index (κ1) is 30.5. The Kier molecular flexibility index (Phi) is 9.99. The second-order valence-electron chi connectivity index (χ2n) is 9.70. The topological polar surface area (TPSA) is 102 Å². The summed E-state index contributed by atoms with van der Waals surface area (Å²) in [5, 5.41) is 3.38. The summed E-state index contributed by atoms with van der Waals surface area (Å²) in [5.74, 6) is 0.915. The Bertz CT molecular complexity index is 1380. The number of nitrogens with one attached hydrogen (secondary N) is 1. The van der Waals surface area contributed by atoms with E-state index in [9.17, 15) is 9.59 Å². The molecule has 9 nitrogen and oxygen atoms in total. The van der Waals surface area contributed by atoms with E-state index in [1.54, 1.807) is 34.5 Å². The van der Waals surface area contributed by atoms with Crippen LogP contribution in [0.15, 0.2) is 57.3 Å². The quantitative estimate of drug-likeness (QED) is 0.258. The van der Waals surface area contributed by atoms with E-state index in [-0.39, 0.29) is 31.3 Å². The number of rotatable bonds is 11. The van der Waals surface area contributed by atoms with E-state index in [1.807, 2.05) is 38.1 Å². The lowest BCUT2D eigenvalue weighted by molar-refractivity contribution is -0.140. The summed E-state index contributed by atoms with van der Waals surface area (Å²) >= 11 is 3.57. The van der Waals surface area contributed by atoms with Crippen molar-refractivity contribution in [2.75, 3.05) is 48.3 Å². The van der Waals surface area contributed by atoms with Gasteiger partial charge in [-0.15, -0.1) is 0 Å². The number of dihydropyridines is 1. The predicted octanol–water partition coefficient (Wildman–Crippen LogP) is 5.42. The van der Waals surface area contributed by atoms with Crippen molar-refractivity contribution in [3.05, 3.63) is 68.5 Å². The number of ether oxygens (including phenoxy) is 6. The Morgan fingerprint density at radius 1 is 0.927 bits per heavy atom. The molecule has 1 aliphatic carbocycles. The van der Waals surface area contributed by atoms with E-state index in [0.29, 0.717) is 62.9 Å². The summed E-state index contributed by atoms with van der Waals surface area (Å²) in [6.45, 7) is 4.62. The first-order valence-corrected chi connectivity index (χ1v) is 14.2. The Morgan fingerprint density at radius 3 is 2.29 bits per heavy atom. The van der Waals surface area contributed by atoms with Crippen molar-refractivity contribution in [1.29, 1.82) is 0 Å². The zero-order valence-electron chi connectivity index (χ0n) is 24.2. The number of carbonyl (C=O) groups is 2. The van der Waals surface area contributed by atoms with Gasteiger partial charge >= 0.3 is 5.97 Å². The standard InChI is InChI=1S/C31H36BrNO8/c1-7-40-10-11-41-31(35)27-17(2)33-22-13-19(18-8-9-24(36-3)25(15-18)37-4)14-23(34)29(22)28(27)20-12-21(32)30(39-6)26(16-20)38-5/h8-9,12,15-16,19,28,33H,7,10-11,13-14H2,1-6H3/t19-,28+/m1/s1. The number of halogens is 1. The van der Waals surface area contributed by atoms with Crippen LogP contribution in [0.1, 0.15) is 49.7 Å². The van der Waals surface area contributed by atoms with Crippen molar-refractivity contribution in [3.8, 4) is 23.0 Å². The molecule has 0 unspecified atom stereocenters. The Morgan fingerprint density at radius 2 is 1.63 bits per heavy atom. The van der Waals surface area contributed by atoms with Gasteiger partial charge in [-0.05, 0) is 77.5 Å². The van der Waals surface area contributed by atoms with Gasteiger partial charge in [0.05, 0.1) is 45.1 Å². The Hall–Kier alpha value is -3.50. The summed E-state index contributed by atoms with van der Waals surface area (Å²) in [6, 6.07) is 9.38. The molecule has 4 rings (SSSR count). The van der Waals surface area contributed by atoms with Crippen molar-refractivity contribution in [1.82, 2.24) is 5.32 Å². The molecule has 2 atom stereocenters. The molecule has 0 aromatic heterocycles. The third kappa shape index (κ3) is 6.23. The van der Waals surface area contributed by atoms with Crippen LogP contribution in [0, 0.1) is 0 Å². The molecule has 41 heavy (non-hydrogen) atoms. The highest BCUT2D eigenvalue weighted by atomic mass is 79.9. The molecule has 220 valence electrons. The molecule has 0 saturated heterocycles. The number of hydrogen-bond acceptors (Lipinski definition) is 9. The van der Waals surface area contributed by atoms with Gasteiger partial charge in [0.1, 0.15) is 6.61 Å². The average molecular weight is 631 g/mol. The van der Waals surface area contributed by atoms with Gasteiger partial charge in [0.25, 0.3) is 0 Å². The average Bonchev–Trinajstić information content (AvgIpc) is 2.97. The van der Waals surface area contributed by atoms with Crippen LogP contribution in [0.25, 0.3) is 0 Å². The Labute approximate surface area is 248 Å². The van der Waals surface area contributed by atoms with E-state index in [2.05, 4.69) is 21.2 Å². The lowest BCUT2D eigenvalue weighted by Gasteiger charge is -2.37. The van der Waals surface area contributed by atoms with Gasteiger partial charge in [0.15, 0.2) is 28.8 Å². The minimum Gasteiger partial charge on any atom is -0.493 e. The third-order valence-corrected chi connectivity index (χ3v) is 7.97. The van der Waals surface area contributed by atoms with E-state index >= 15 is 0 Å². The van der Waals surface area contributed by atoms with Crippen molar-refractivity contribution >= 4 is 27.7 Å². The molecule has 1 aliphatic heterocycles. The third-order valence-electron chi connectivity index (χ3n) is 7.38. The number of carbonyl (C=O) groups excluding carboxylic acids is 2. The number of methoxy groups -OCH3 is 4. The van der Waals surface area contributed by atoms with Crippen molar-refractivity contribution in [2.24, 2.45) is 0 Å². The normalized spacial score (nSPS) is 18.5. The summed E-state index contributed by atoms with van der Waals surface area (Å²) in [7, 11) is 6.28. The van der Waals surface area contributed by atoms with E-state index in [4.69, 9.17) is 28.4 Å². The number of ketones is 1. The van der Waals surface area contributed by atoms with Gasteiger partial charge in [0.2, 0.25) is 0 Å². The van der Waals surface area contributed by atoms with Gasteiger partial charge in [-0.25, -0.2) is 4.79 Å². The predicted molar refractivity (Wildman–Crippen MR) is 157 cm³/mol. The van der Waals surface area contributed by atoms with Gasteiger partial charge in [0, 0.05) is 35.9 Å². The summed E-state index contributed by atoms with van der Waals surface area (Å²) in [5.41, 5.74) is 4.00. The molecule has 0 saturated carbocycles. The lowest BCUT2D eigenvalue weighted by atomic mass is 9.71. The number of benzene rings is 2. The van der Waals surface area contributed by atoms with Crippen LogP contribution >= 0.6 is 15.9 Å². The van der Waals surface area contributed by atoms with Crippen LogP contribution in [0.3, 0.4) is 0 Å². The maximum atomic E-state index is 14.0. The largest absolute Gasteiger partial charge is 0.493 e. The molecule has 0 bridgehead atoms. The first-order chi connectivity index (χ1) is 19.8. The molecule has 0 spiro atoms. The van der Waals surface area contributed by atoms with Crippen LogP contribution in [-0.4, -0.2) is 60.0 Å². The molecule has 0 radical (unpaired) electrons. The number of Topliss-reactive ketones (excluding diaryl/α,β-unsaturated/α-hetero) is 1. The first-order valence-electron chi connectivity index (χ1n) is 13.4. The van der Waals surface area contributed by atoms with Crippen LogP contribution in [0.5, 0.6) is 23.0 Å². The van der Waals surface area contributed by atoms with Gasteiger partial charge in [-0.2, -0.15) is 0 Å². The van der Waals surface area contributed by atoms with E-state index in [1.165, 1.54) is 0 Å². The number of hydrogen-bond donors (Lipinski definition) is 1. The molecular formula is C31H36BrNO8. The molecule has 0 fully saturated rings. The smallest absolute Gasteiger partial charge is 0.336 e. The minimum atomic E-state index is -0.666. The molecule has 1 heterocycles. The molecule has 2 aromatic rings. The molecule has 10 heteroatoms. The van der Waals surface area contributed by atoms with Crippen LogP contribution in [0.2, 0.25) is 0 Å².